The molecule has 0 bridgehead atoms. The van der Waals surface area contributed by atoms with E-state index in [0.29, 0.717) is 17.2 Å². The van der Waals surface area contributed by atoms with Gasteiger partial charge in [-0.1, -0.05) is 12.1 Å². The molecular weight excluding hydrogens is 416 g/mol. The first-order chi connectivity index (χ1) is 14.4. The number of amides is 1. The molecule has 0 aliphatic carbocycles. The lowest BCUT2D eigenvalue weighted by molar-refractivity contribution is -0.122. The van der Waals surface area contributed by atoms with Crippen LogP contribution in [-0.2, 0) is 21.4 Å². The van der Waals surface area contributed by atoms with Crippen LogP contribution >= 0.6 is 0 Å². The highest BCUT2D eigenvalue weighted by molar-refractivity contribution is 7.92. The molecule has 31 heavy (non-hydrogen) atoms. The number of nitrogens with zero attached hydrogens (tertiary/aromatic N) is 1. The Balaban J connectivity index is 2.19. The molecule has 0 aliphatic heterocycles. The Hall–Kier alpha value is -2.74. The van der Waals surface area contributed by atoms with E-state index >= 15 is 0 Å². The number of nitrogens with one attached hydrogen (secondary N) is 1. The topological polar surface area (TPSA) is 84.9 Å². The fourth-order valence-corrected chi connectivity index (χ4v) is 4.56. The quantitative estimate of drug-likeness (QED) is 0.634. The zero-order valence-corrected chi connectivity index (χ0v) is 20.0. The van der Waals surface area contributed by atoms with Gasteiger partial charge in [-0.2, -0.15) is 0 Å². The molecule has 2 rings (SSSR count). The van der Waals surface area contributed by atoms with Gasteiger partial charge in [-0.25, -0.2) is 8.42 Å². The first kappa shape index (κ1) is 24.5. The molecule has 0 radical (unpaired) electrons. The molecule has 0 saturated heterocycles. The van der Waals surface area contributed by atoms with E-state index in [0.717, 1.165) is 27.3 Å². The van der Waals surface area contributed by atoms with Crippen LogP contribution in [0.4, 0.5) is 5.69 Å². The predicted octanol–water partition coefficient (Wildman–Crippen LogP) is 3.57. The zero-order chi connectivity index (χ0) is 23.3. The summed E-state index contributed by atoms with van der Waals surface area (Å²) >= 11 is 0. The lowest BCUT2D eigenvalue weighted by atomic mass is 10.1. The van der Waals surface area contributed by atoms with Gasteiger partial charge in [-0.3, -0.25) is 9.10 Å². The summed E-state index contributed by atoms with van der Waals surface area (Å²) < 4.78 is 37.2. The molecule has 0 unspecified atom stereocenters. The number of hydrogen-bond acceptors (Lipinski definition) is 5. The molecule has 170 valence electrons. The Morgan fingerprint density at radius 3 is 2.16 bits per heavy atom. The van der Waals surface area contributed by atoms with Crippen molar-refractivity contribution in [3.8, 4) is 11.5 Å². The molecule has 0 spiro atoms. The second-order valence-corrected chi connectivity index (χ2v) is 9.81. The fourth-order valence-electron chi connectivity index (χ4n) is 3.40. The van der Waals surface area contributed by atoms with Crippen LogP contribution < -0.4 is 19.1 Å². The Morgan fingerprint density at radius 1 is 1.03 bits per heavy atom. The molecule has 0 aliphatic rings. The molecule has 1 N–H and O–H groups in total. The van der Waals surface area contributed by atoms with Crippen LogP contribution in [0.3, 0.4) is 0 Å². The largest absolute Gasteiger partial charge is 0.493 e. The Morgan fingerprint density at radius 2 is 1.65 bits per heavy atom. The maximum absolute atomic E-state index is 12.8. The first-order valence-electron chi connectivity index (χ1n) is 10.1. The van der Waals surface area contributed by atoms with Gasteiger partial charge in [-0.05, 0) is 75.6 Å². The van der Waals surface area contributed by atoms with Crippen LogP contribution in [0, 0.1) is 13.8 Å². The number of aryl methyl sites for hydroxylation is 2. The highest BCUT2D eigenvalue weighted by Gasteiger charge is 2.29. The molecule has 2 aromatic rings. The second kappa shape index (κ2) is 10.0. The van der Waals surface area contributed by atoms with Gasteiger partial charge >= 0.3 is 0 Å². The normalized spacial score (nSPS) is 12.4. The van der Waals surface area contributed by atoms with Gasteiger partial charge in [-0.15, -0.1) is 0 Å². The van der Waals surface area contributed by atoms with Crippen LogP contribution in [0.1, 0.15) is 37.5 Å². The predicted molar refractivity (Wildman–Crippen MR) is 123 cm³/mol. The number of ether oxygens (including phenoxy) is 2. The average molecular weight is 449 g/mol. The van der Waals surface area contributed by atoms with Crippen molar-refractivity contribution in [2.45, 2.75) is 53.3 Å². The minimum Gasteiger partial charge on any atom is -0.493 e. The highest BCUT2D eigenvalue weighted by Crippen LogP contribution is 2.29. The zero-order valence-electron chi connectivity index (χ0n) is 19.2. The van der Waals surface area contributed by atoms with Crippen molar-refractivity contribution in [1.82, 2.24) is 5.32 Å². The van der Waals surface area contributed by atoms with Gasteiger partial charge in [0.25, 0.3) is 0 Å². The maximum atomic E-state index is 12.8. The van der Waals surface area contributed by atoms with E-state index in [1.165, 1.54) is 0 Å². The van der Waals surface area contributed by atoms with Gasteiger partial charge < -0.3 is 14.8 Å². The molecule has 8 heteroatoms. The monoisotopic (exact) mass is 448 g/mol. The Kier molecular flexibility index (Phi) is 7.95. The van der Waals surface area contributed by atoms with Crippen molar-refractivity contribution in [2.24, 2.45) is 0 Å². The van der Waals surface area contributed by atoms with E-state index in [1.54, 1.807) is 38.3 Å². The van der Waals surface area contributed by atoms with Crippen molar-refractivity contribution in [3.05, 3.63) is 53.1 Å². The van der Waals surface area contributed by atoms with E-state index in [2.05, 4.69) is 5.32 Å². The lowest BCUT2D eigenvalue weighted by Gasteiger charge is -2.29. The van der Waals surface area contributed by atoms with Crippen LogP contribution in [0.5, 0.6) is 11.5 Å². The minimum atomic E-state index is -3.67. The number of carbonyl (C=O) groups excluding carboxylic acids is 1. The summed E-state index contributed by atoms with van der Waals surface area (Å²) in [5.74, 6) is 0.798. The summed E-state index contributed by atoms with van der Waals surface area (Å²) in [4.78, 5) is 12.8. The van der Waals surface area contributed by atoms with Crippen LogP contribution in [-0.4, -0.2) is 39.8 Å². The van der Waals surface area contributed by atoms with E-state index in [1.807, 2.05) is 39.8 Å². The SMILES string of the molecule is COc1cc(CNC(=O)[C@H](C)N(c2cc(C)cc(C)c2)S(C)(=O)=O)ccc1OC(C)C. The molecule has 2 aromatic carbocycles. The summed E-state index contributed by atoms with van der Waals surface area (Å²) in [5, 5.41) is 2.82. The van der Waals surface area contributed by atoms with Crippen molar-refractivity contribution in [1.29, 1.82) is 0 Å². The molecule has 0 saturated carbocycles. The number of sulfonamides is 1. The second-order valence-electron chi connectivity index (χ2n) is 7.95. The number of anilines is 1. The summed E-state index contributed by atoms with van der Waals surface area (Å²) in [6, 6.07) is 9.98. The van der Waals surface area contributed by atoms with Gasteiger partial charge in [0.2, 0.25) is 15.9 Å². The van der Waals surface area contributed by atoms with E-state index in [-0.39, 0.29) is 12.6 Å². The smallest absolute Gasteiger partial charge is 0.243 e. The van der Waals surface area contributed by atoms with E-state index in [4.69, 9.17) is 9.47 Å². The summed E-state index contributed by atoms with van der Waals surface area (Å²) in [6.45, 7) is 9.44. The minimum absolute atomic E-state index is 0.00698. The molecular formula is C23H32N2O5S. The van der Waals surface area contributed by atoms with E-state index in [9.17, 15) is 13.2 Å². The van der Waals surface area contributed by atoms with E-state index < -0.39 is 22.0 Å². The van der Waals surface area contributed by atoms with Crippen LogP contribution in [0.25, 0.3) is 0 Å². The fraction of sp³-hybridized carbons (Fsp3) is 0.435. The maximum Gasteiger partial charge on any atom is 0.243 e. The summed E-state index contributed by atoms with van der Waals surface area (Å²) in [6.07, 6.45) is 1.11. The third-order valence-electron chi connectivity index (χ3n) is 4.61. The Labute approximate surface area is 185 Å². The molecule has 0 heterocycles. The van der Waals surface area contributed by atoms with Gasteiger partial charge in [0.05, 0.1) is 25.2 Å². The number of rotatable bonds is 9. The number of methoxy groups -OCH3 is 1. The number of carbonyl (C=O) groups is 1. The number of hydrogen-bond donors (Lipinski definition) is 1. The molecule has 0 fully saturated rings. The highest BCUT2D eigenvalue weighted by atomic mass is 32.2. The third kappa shape index (κ3) is 6.62. The summed E-state index contributed by atoms with van der Waals surface area (Å²) in [7, 11) is -2.11. The van der Waals surface area contributed by atoms with Crippen molar-refractivity contribution >= 4 is 21.6 Å². The van der Waals surface area contributed by atoms with Gasteiger partial charge in [0.15, 0.2) is 11.5 Å². The molecule has 1 atom stereocenters. The standard InChI is InChI=1S/C23H32N2O5S/c1-15(2)30-21-9-8-19(13-22(21)29-6)14-24-23(26)18(5)25(31(7,27)28)20-11-16(3)10-17(4)12-20/h8-13,15,18H,14H2,1-7H3,(H,24,26)/t18-/m0/s1. The summed E-state index contributed by atoms with van der Waals surface area (Å²) in [5.41, 5.74) is 3.13. The molecule has 7 nitrogen and oxygen atoms in total. The first-order valence-corrected chi connectivity index (χ1v) is 12.0. The van der Waals surface area contributed by atoms with Crippen molar-refractivity contribution < 1.29 is 22.7 Å². The van der Waals surface area contributed by atoms with Crippen LogP contribution in [0.2, 0.25) is 0 Å². The van der Waals surface area contributed by atoms with Crippen LogP contribution in [0.15, 0.2) is 36.4 Å². The lowest BCUT2D eigenvalue weighted by Crippen LogP contribution is -2.47. The van der Waals surface area contributed by atoms with Crippen molar-refractivity contribution in [3.63, 3.8) is 0 Å². The third-order valence-corrected chi connectivity index (χ3v) is 5.85. The average Bonchev–Trinajstić information content (AvgIpc) is 2.64. The van der Waals surface area contributed by atoms with Gasteiger partial charge in [0.1, 0.15) is 6.04 Å². The Bertz CT molecular complexity index is 1010. The number of benzene rings is 2. The molecule has 0 aromatic heterocycles. The van der Waals surface area contributed by atoms with Crippen molar-refractivity contribution in [2.75, 3.05) is 17.7 Å². The van der Waals surface area contributed by atoms with Gasteiger partial charge in [0, 0.05) is 6.54 Å². The molecule has 1 amide bonds.